The third-order valence-electron chi connectivity index (χ3n) is 3.72. The number of nitrogens with zero attached hydrogens (tertiary/aromatic N) is 1. The van der Waals surface area contributed by atoms with Crippen LogP contribution in [0.4, 0.5) is 11.4 Å². The second-order valence-electron chi connectivity index (χ2n) is 5.60. The van der Waals surface area contributed by atoms with Crippen molar-refractivity contribution in [3.63, 3.8) is 0 Å². The van der Waals surface area contributed by atoms with Gasteiger partial charge in [-0.25, -0.2) is 9.59 Å². The lowest BCUT2D eigenvalue weighted by atomic mass is 10.1. The highest BCUT2D eigenvalue weighted by Gasteiger charge is 2.13. The summed E-state index contributed by atoms with van der Waals surface area (Å²) >= 11 is 0. The standard InChI is InChI=1S/C21H19N3O5/c1-3-29-20(26)14-8-10-16(11-9-14)24-19(25)15(12-22)13-23-18-7-5-4-6-17(18)21(27)28-2/h4-11,13,23H,3H2,1-2H3,(H,24,25)/b15-13-. The number of methoxy groups -OCH3 is 1. The Labute approximate surface area is 167 Å². The molecule has 29 heavy (non-hydrogen) atoms. The van der Waals surface area contributed by atoms with E-state index in [0.29, 0.717) is 16.9 Å². The number of carbonyl (C=O) groups is 3. The minimum atomic E-state index is -0.653. The SMILES string of the molecule is CCOC(=O)c1ccc(NC(=O)/C(C#N)=C\Nc2ccccc2C(=O)OC)cc1. The smallest absolute Gasteiger partial charge is 0.339 e. The molecule has 0 bridgehead atoms. The van der Waals surface area contributed by atoms with Gasteiger partial charge in [-0.2, -0.15) is 5.26 Å². The summed E-state index contributed by atoms with van der Waals surface area (Å²) in [6.45, 7) is 1.97. The van der Waals surface area contributed by atoms with Gasteiger partial charge in [0.2, 0.25) is 0 Å². The van der Waals surface area contributed by atoms with E-state index in [4.69, 9.17) is 9.47 Å². The summed E-state index contributed by atoms with van der Waals surface area (Å²) in [5, 5.41) is 14.6. The molecule has 148 valence electrons. The van der Waals surface area contributed by atoms with Gasteiger partial charge in [0.05, 0.1) is 30.5 Å². The summed E-state index contributed by atoms with van der Waals surface area (Å²) in [6.07, 6.45) is 1.20. The predicted molar refractivity (Wildman–Crippen MR) is 106 cm³/mol. The molecule has 2 N–H and O–H groups in total. The lowest BCUT2D eigenvalue weighted by molar-refractivity contribution is -0.112. The van der Waals surface area contributed by atoms with Gasteiger partial charge in [0.1, 0.15) is 11.6 Å². The van der Waals surface area contributed by atoms with Crippen molar-refractivity contribution in [1.29, 1.82) is 5.26 Å². The molecular weight excluding hydrogens is 374 g/mol. The maximum Gasteiger partial charge on any atom is 0.339 e. The van der Waals surface area contributed by atoms with E-state index in [1.54, 1.807) is 37.3 Å². The van der Waals surface area contributed by atoms with Crippen molar-refractivity contribution in [3.05, 3.63) is 71.4 Å². The van der Waals surface area contributed by atoms with Gasteiger partial charge >= 0.3 is 11.9 Å². The Hall–Kier alpha value is -4.12. The molecule has 0 spiro atoms. The van der Waals surface area contributed by atoms with Crippen LogP contribution in [-0.4, -0.2) is 31.6 Å². The molecule has 0 unspecified atom stereocenters. The van der Waals surface area contributed by atoms with Crippen LogP contribution in [0, 0.1) is 11.3 Å². The molecule has 0 aliphatic rings. The first-order valence-corrected chi connectivity index (χ1v) is 8.62. The van der Waals surface area contributed by atoms with Gasteiger partial charge in [-0.3, -0.25) is 4.79 Å². The lowest BCUT2D eigenvalue weighted by Gasteiger charge is -2.08. The van der Waals surface area contributed by atoms with Crippen LogP contribution in [0.3, 0.4) is 0 Å². The van der Waals surface area contributed by atoms with Gasteiger partial charge in [0.25, 0.3) is 5.91 Å². The molecule has 2 aromatic rings. The van der Waals surface area contributed by atoms with Crippen molar-refractivity contribution in [3.8, 4) is 6.07 Å². The van der Waals surface area contributed by atoms with E-state index in [-0.39, 0.29) is 17.7 Å². The topological polar surface area (TPSA) is 118 Å². The van der Waals surface area contributed by atoms with Crippen LogP contribution in [0.1, 0.15) is 27.6 Å². The van der Waals surface area contributed by atoms with E-state index in [1.165, 1.54) is 37.6 Å². The van der Waals surface area contributed by atoms with Crippen molar-refractivity contribution in [2.45, 2.75) is 6.92 Å². The van der Waals surface area contributed by atoms with Crippen molar-refractivity contribution in [2.75, 3.05) is 24.4 Å². The van der Waals surface area contributed by atoms with Crippen LogP contribution in [0.25, 0.3) is 0 Å². The number of rotatable bonds is 7. The Bertz CT molecular complexity index is 975. The van der Waals surface area contributed by atoms with Crippen molar-refractivity contribution in [2.24, 2.45) is 0 Å². The zero-order valence-corrected chi connectivity index (χ0v) is 15.9. The normalized spacial score (nSPS) is 10.4. The molecule has 0 heterocycles. The monoisotopic (exact) mass is 393 g/mol. The summed E-state index contributed by atoms with van der Waals surface area (Å²) in [5.74, 6) is -1.66. The maximum atomic E-state index is 12.3. The van der Waals surface area contributed by atoms with Gasteiger partial charge in [0, 0.05) is 11.9 Å². The van der Waals surface area contributed by atoms with E-state index >= 15 is 0 Å². The van der Waals surface area contributed by atoms with Crippen LogP contribution in [0.2, 0.25) is 0 Å². The number of hydrogen-bond acceptors (Lipinski definition) is 7. The highest BCUT2D eigenvalue weighted by Crippen LogP contribution is 2.17. The summed E-state index contributed by atoms with van der Waals surface area (Å²) in [4.78, 5) is 35.8. The molecule has 8 heteroatoms. The molecule has 0 saturated carbocycles. The molecule has 8 nitrogen and oxygen atoms in total. The fraction of sp³-hybridized carbons (Fsp3) is 0.143. The first kappa shape index (κ1) is 21.2. The Balaban J connectivity index is 2.10. The minimum absolute atomic E-state index is 0.209. The van der Waals surface area contributed by atoms with Gasteiger partial charge in [-0.1, -0.05) is 12.1 Å². The number of anilines is 2. The third-order valence-corrected chi connectivity index (χ3v) is 3.72. The number of esters is 2. The van der Waals surface area contributed by atoms with Gasteiger partial charge < -0.3 is 20.1 Å². The predicted octanol–water partition coefficient (Wildman–Crippen LogP) is 3.11. The minimum Gasteiger partial charge on any atom is -0.465 e. The number of ether oxygens (including phenoxy) is 2. The number of nitrogens with one attached hydrogen (secondary N) is 2. The number of carbonyl (C=O) groups excluding carboxylic acids is 3. The average molecular weight is 393 g/mol. The Morgan fingerprint density at radius 2 is 1.76 bits per heavy atom. The van der Waals surface area contributed by atoms with E-state index in [0.717, 1.165) is 0 Å². The first-order valence-electron chi connectivity index (χ1n) is 8.62. The molecule has 2 aromatic carbocycles. The van der Waals surface area contributed by atoms with Crippen LogP contribution in [0.15, 0.2) is 60.3 Å². The Morgan fingerprint density at radius 1 is 1.07 bits per heavy atom. The second-order valence-corrected chi connectivity index (χ2v) is 5.60. The second kappa shape index (κ2) is 10.3. The third kappa shape index (κ3) is 5.68. The van der Waals surface area contributed by atoms with E-state index < -0.39 is 17.8 Å². The summed E-state index contributed by atoms with van der Waals surface area (Å²) in [5.41, 5.74) is 1.19. The number of amides is 1. The summed E-state index contributed by atoms with van der Waals surface area (Å²) in [6, 6.07) is 14.4. The molecule has 0 saturated heterocycles. The van der Waals surface area contributed by atoms with E-state index in [2.05, 4.69) is 10.6 Å². The molecule has 0 aliphatic carbocycles. The molecular formula is C21H19N3O5. The highest BCUT2D eigenvalue weighted by atomic mass is 16.5. The Morgan fingerprint density at radius 3 is 2.38 bits per heavy atom. The van der Waals surface area contributed by atoms with E-state index in [9.17, 15) is 19.6 Å². The number of para-hydroxylation sites is 1. The van der Waals surface area contributed by atoms with Crippen LogP contribution >= 0.6 is 0 Å². The summed E-state index contributed by atoms with van der Waals surface area (Å²) in [7, 11) is 1.26. The highest BCUT2D eigenvalue weighted by molar-refractivity contribution is 6.07. The fourth-order valence-corrected chi connectivity index (χ4v) is 2.30. The van der Waals surface area contributed by atoms with Gasteiger partial charge in [0.15, 0.2) is 0 Å². The first-order chi connectivity index (χ1) is 14.0. The Kier molecular flexibility index (Phi) is 7.51. The molecule has 0 aliphatic heterocycles. The average Bonchev–Trinajstić information content (AvgIpc) is 2.74. The molecule has 0 atom stereocenters. The van der Waals surface area contributed by atoms with Gasteiger partial charge in [-0.15, -0.1) is 0 Å². The van der Waals surface area contributed by atoms with Crippen molar-refractivity contribution < 1.29 is 23.9 Å². The molecule has 2 rings (SSSR count). The number of hydrogen-bond donors (Lipinski definition) is 2. The fourth-order valence-electron chi connectivity index (χ4n) is 2.30. The van der Waals surface area contributed by atoms with E-state index in [1.807, 2.05) is 0 Å². The molecule has 0 fully saturated rings. The molecule has 1 amide bonds. The number of nitriles is 1. The van der Waals surface area contributed by atoms with Gasteiger partial charge in [-0.05, 0) is 43.3 Å². The zero-order valence-electron chi connectivity index (χ0n) is 15.9. The maximum absolute atomic E-state index is 12.3. The van der Waals surface area contributed by atoms with Crippen LogP contribution in [0.5, 0.6) is 0 Å². The largest absolute Gasteiger partial charge is 0.465 e. The summed E-state index contributed by atoms with van der Waals surface area (Å²) < 4.78 is 9.59. The van der Waals surface area contributed by atoms with Crippen LogP contribution < -0.4 is 10.6 Å². The zero-order chi connectivity index (χ0) is 21.2. The van der Waals surface area contributed by atoms with Crippen LogP contribution in [-0.2, 0) is 14.3 Å². The molecule has 0 aromatic heterocycles. The van der Waals surface area contributed by atoms with Crippen molar-refractivity contribution >= 4 is 29.2 Å². The lowest BCUT2D eigenvalue weighted by Crippen LogP contribution is -2.15. The van der Waals surface area contributed by atoms with Crippen molar-refractivity contribution in [1.82, 2.24) is 0 Å². The number of benzene rings is 2. The quantitative estimate of drug-likeness (QED) is 0.421. The molecule has 0 radical (unpaired) electrons.